The fourth-order valence-corrected chi connectivity index (χ4v) is 3.21. The smallest absolute Gasteiger partial charge is 0.00122 e. The third-order valence-corrected chi connectivity index (χ3v) is 4.16. The normalized spacial score (nSPS) is 41.5. The van der Waals surface area contributed by atoms with Crippen LogP contribution in [0.15, 0.2) is 0 Å². The molecular weight excluding hydrogens is 158 g/mol. The largest absolute Gasteiger partial charge is 0.303 e. The van der Waals surface area contributed by atoms with Gasteiger partial charge in [-0.2, -0.15) is 0 Å². The summed E-state index contributed by atoms with van der Waals surface area (Å²) in [4.78, 5) is 2.64. The van der Waals surface area contributed by atoms with Gasteiger partial charge in [0.2, 0.25) is 0 Å². The van der Waals surface area contributed by atoms with Gasteiger partial charge in [0, 0.05) is 6.54 Å². The van der Waals surface area contributed by atoms with Crippen molar-refractivity contribution in [3.8, 4) is 0 Å². The highest BCUT2D eigenvalue weighted by atomic mass is 15.1. The first-order valence-electron chi connectivity index (χ1n) is 6.02. The summed E-state index contributed by atoms with van der Waals surface area (Å²) < 4.78 is 0. The highest BCUT2D eigenvalue weighted by Gasteiger charge is 2.32. The van der Waals surface area contributed by atoms with Crippen LogP contribution in [0.25, 0.3) is 0 Å². The van der Waals surface area contributed by atoms with Crippen molar-refractivity contribution in [2.24, 2.45) is 17.8 Å². The number of likely N-dealkylation sites (tertiary alicyclic amines) is 1. The molecule has 1 aliphatic heterocycles. The third kappa shape index (κ3) is 2.07. The summed E-state index contributed by atoms with van der Waals surface area (Å²) >= 11 is 0. The lowest BCUT2D eigenvalue weighted by Gasteiger charge is -2.42. The van der Waals surface area contributed by atoms with Crippen molar-refractivity contribution in [1.82, 2.24) is 4.90 Å². The summed E-state index contributed by atoms with van der Waals surface area (Å²) in [7, 11) is 0. The first-order valence-corrected chi connectivity index (χ1v) is 6.02. The Balaban J connectivity index is 1.90. The van der Waals surface area contributed by atoms with Gasteiger partial charge in [-0.05, 0) is 50.1 Å². The number of hydrogen-bond acceptors (Lipinski definition) is 1. The maximum absolute atomic E-state index is 2.64. The van der Waals surface area contributed by atoms with Gasteiger partial charge >= 0.3 is 0 Å². The number of piperidine rings is 1. The van der Waals surface area contributed by atoms with Crippen molar-refractivity contribution in [3.63, 3.8) is 0 Å². The highest BCUT2D eigenvalue weighted by Crippen LogP contribution is 2.38. The molecule has 0 amide bonds. The van der Waals surface area contributed by atoms with Crippen molar-refractivity contribution in [3.05, 3.63) is 0 Å². The minimum Gasteiger partial charge on any atom is -0.303 e. The van der Waals surface area contributed by atoms with Gasteiger partial charge in [-0.15, -0.1) is 0 Å². The zero-order chi connectivity index (χ0) is 9.26. The number of nitrogens with zero attached hydrogens (tertiary/aromatic N) is 1. The Morgan fingerprint density at radius 2 is 2.00 bits per heavy atom. The van der Waals surface area contributed by atoms with Crippen LogP contribution in [-0.2, 0) is 0 Å². The molecule has 3 atom stereocenters. The SMILES string of the molecule is CCN1CCC2CC(C)CCC2C1. The molecule has 2 fully saturated rings. The minimum absolute atomic E-state index is 1.01. The van der Waals surface area contributed by atoms with E-state index >= 15 is 0 Å². The molecule has 13 heavy (non-hydrogen) atoms. The molecule has 0 aromatic carbocycles. The van der Waals surface area contributed by atoms with Crippen LogP contribution in [0.1, 0.15) is 39.5 Å². The van der Waals surface area contributed by atoms with E-state index in [0.29, 0.717) is 0 Å². The molecule has 0 aromatic rings. The van der Waals surface area contributed by atoms with E-state index in [1.165, 1.54) is 45.3 Å². The summed E-state index contributed by atoms with van der Waals surface area (Å²) in [5.74, 6) is 3.13. The lowest BCUT2D eigenvalue weighted by molar-refractivity contribution is 0.0725. The molecule has 1 heterocycles. The molecule has 2 rings (SSSR count). The van der Waals surface area contributed by atoms with E-state index in [1.807, 2.05) is 0 Å². The predicted octanol–water partition coefficient (Wildman–Crippen LogP) is 2.76. The summed E-state index contributed by atoms with van der Waals surface area (Å²) in [6.45, 7) is 8.76. The predicted molar refractivity (Wildman–Crippen MR) is 56.7 cm³/mol. The topological polar surface area (TPSA) is 3.24 Å². The molecule has 1 heteroatoms. The molecule has 0 spiro atoms. The summed E-state index contributed by atoms with van der Waals surface area (Å²) in [6.07, 6.45) is 5.98. The molecule has 76 valence electrons. The molecule has 0 bridgehead atoms. The van der Waals surface area contributed by atoms with Crippen molar-refractivity contribution in [1.29, 1.82) is 0 Å². The summed E-state index contributed by atoms with van der Waals surface area (Å²) in [5.41, 5.74) is 0. The second kappa shape index (κ2) is 4.00. The van der Waals surface area contributed by atoms with Gasteiger partial charge < -0.3 is 4.90 Å². The van der Waals surface area contributed by atoms with E-state index in [4.69, 9.17) is 0 Å². The zero-order valence-electron chi connectivity index (χ0n) is 9.13. The molecule has 1 aliphatic carbocycles. The zero-order valence-corrected chi connectivity index (χ0v) is 9.13. The van der Waals surface area contributed by atoms with Crippen LogP contribution < -0.4 is 0 Å². The minimum atomic E-state index is 1.01. The van der Waals surface area contributed by atoms with E-state index < -0.39 is 0 Å². The molecule has 1 saturated carbocycles. The summed E-state index contributed by atoms with van der Waals surface area (Å²) in [5, 5.41) is 0. The monoisotopic (exact) mass is 181 g/mol. The van der Waals surface area contributed by atoms with Gasteiger partial charge in [-0.1, -0.05) is 20.3 Å². The van der Waals surface area contributed by atoms with Gasteiger partial charge in [0.1, 0.15) is 0 Å². The molecule has 0 radical (unpaired) electrons. The fourth-order valence-electron chi connectivity index (χ4n) is 3.21. The van der Waals surface area contributed by atoms with Crippen LogP contribution in [0.5, 0.6) is 0 Å². The molecule has 1 nitrogen and oxygen atoms in total. The average Bonchev–Trinajstić information content (AvgIpc) is 2.17. The van der Waals surface area contributed by atoms with Crippen molar-refractivity contribution in [2.75, 3.05) is 19.6 Å². The standard InChI is InChI=1S/C12H23N/c1-3-13-7-6-11-8-10(2)4-5-12(11)9-13/h10-12H,3-9H2,1-2H3. The van der Waals surface area contributed by atoms with Gasteiger partial charge in [0.15, 0.2) is 0 Å². The average molecular weight is 181 g/mol. The van der Waals surface area contributed by atoms with Gasteiger partial charge in [0.05, 0.1) is 0 Å². The molecule has 0 N–H and O–H groups in total. The lowest BCUT2D eigenvalue weighted by Crippen LogP contribution is -2.42. The van der Waals surface area contributed by atoms with Crippen LogP contribution in [0.2, 0.25) is 0 Å². The molecule has 2 aliphatic rings. The van der Waals surface area contributed by atoms with Crippen LogP contribution >= 0.6 is 0 Å². The van der Waals surface area contributed by atoms with Crippen LogP contribution in [-0.4, -0.2) is 24.5 Å². The maximum Gasteiger partial charge on any atom is 0.00122 e. The Kier molecular flexibility index (Phi) is 2.92. The van der Waals surface area contributed by atoms with E-state index in [-0.39, 0.29) is 0 Å². The molecule has 0 aromatic heterocycles. The van der Waals surface area contributed by atoms with E-state index in [1.54, 1.807) is 0 Å². The summed E-state index contributed by atoms with van der Waals surface area (Å²) in [6, 6.07) is 0. The second-order valence-corrected chi connectivity index (χ2v) is 5.12. The van der Waals surface area contributed by atoms with Crippen LogP contribution in [0, 0.1) is 17.8 Å². The van der Waals surface area contributed by atoms with Crippen molar-refractivity contribution >= 4 is 0 Å². The quantitative estimate of drug-likeness (QED) is 0.601. The van der Waals surface area contributed by atoms with Crippen molar-refractivity contribution < 1.29 is 0 Å². The van der Waals surface area contributed by atoms with Crippen LogP contribution in [0.4, 0.5) is 0 Å². The highest BCUT2D eigenvalue weighted by molar-refractivity contribution is 4.84. The third-order valence-electron chi connectivity index (χ3n) is 4.16. The fraction of sp³-hybridized carbons (Fsp3) is 1.00. The van der Waals surface area contributed by atoms with E-state index in [9.17, 15) is 0 Å². The number of fused-ring (bicyclic) bond motifs is 1. The van der Waals surface area contributed by atoms with Gasteiger partial charge in [0.25, 0.3) is 0 Å². The van der Waals surface area contributed by atoms with Crippen molar-refractivity contribution in [2.45, 2.75) is 39.5 Å². The Bertz CT molecular complexity index is 167. The Morgan fingerprint density at radius 1 is 1.15 bits per heavy atom. The maximum atomic E-state index is 2.64. The van der Waals surface area contributed by atoms with Gasteiger partial charge in [-0.25, -0.2) is 0 Å². The Morgan fingerprint density at radius 3 is 2.77 bits per heavy atom. The molecular formula is C12H23N. The molecule has 3 unspecified atom stereocenters. The molecule has 1 saturated heterocycles. The van der Waals surface area contributed by atoms with E-state index in [0.717, 1.165) is 17.8 Å². The lowest BCUT2D eigenvalue weighted by atomic mass is 9.71. The Hall–Kier alpha value is -0.0400. The first-order chi connectivity index (χ1) is 6.29. The Labute approximate surface area is 82.5 Å². The number of hydrogen-bond donors (Lipinski definition) is 0. The van der Waals surface area contributed by atoms with Gasteiger partial charge in [-0.3, -0.25) is 0 Å². The first kappa shape index (κ1) is 9.51. The number of rotatable bonds is 1. The van der Waals surface area contributed by atoms with E-state index in [2.05, 4.69) is 18.7 Å². The second-order valence-electron chi connectivity index (χ2n) is 5.12. The van der Waals surface area contributed by atoms with Crippen LogP contribution in [0.3, 0.4) is 0 Å².